The van der Waals surface area contributed by atoms with Crippen LogP contribution in [-0.4, -0.2) is 27.8 Å². The van der Waals surface area contributed by atoms with Crippen LogP contribution in [0.15, 0.2) is 47.3 Å². The van der Waals surface area contributed by atoms with Gasteiger partial charge in [0, 0.05) is 11.3 Å². The van der Waals surface area contributed by atoms with Gasteiger partial charge in [0.05, 0.1) is 11.0 Å². The van der Waals surface area contributed by atoms with Crippen molar-refractivity contribution in [2.45, 2.75) is 39.2 Å². The summed E-state index contributed by atoms with van der Waals surface area (Å²) in [4.78, 5) is 41.4. The quantitative estimate of drug-likeness (QED) is 0.559. The minimum Gasteiger partial charge on any atom is -0.341 e. The molecule has 0 aliphatic heterocycles. The summed E-state index contributed by atoms with van der Waals surface area (Å²) in [6, 6.07) is 11.7. The first kappa shape index (κ1) is 19.4. The number of benzene rings is 2. The van der Waals surface area contributed by atoms with E-state index in [-0.39, 0.29) is 22.9 Å². The largest absolute Gasteiger partial charge is 0.341 e. The molecule has 0 spiro atoms. The molecule has 146 valence electrons. The lowest BCUT2D eigenvalue weighted by Gasteiger charge is -2.19. The van der Waals surface area contributed by atoms with Crippen LogP contribution in [0.25, 0.3) is 11.0 Å². The lowest BCUT2D eigenvalue weighted by molar-refractivity contribution is -0.117. The average Bonchev–Trinajstić information content (AvgIpc) is 3.00. The molecule has 1 aromatic heterocycles. The minimum absolute atomic E-state index is 0.00698. The molecule has 0 bridgehead atoms. The van der Waals surface area contributed by atoms with Gasteiger partial charge in [-0.15, -0.1) is 0 Å². The van der Waals surface area contributed by atoms with Gasteiger partial charge in [-0.1, -0.05) is 32.9 Å². The number of aromatic amines is 2. The Labute approximate surface area is 162 Å². The SMILES string of the molecule is CC(NC(=O)c1ccc(C(C)(C)C)cc1)C(=O)Nc1ccc2[nH]c(=O)[nH]c2c1. The standard InChI is InChI=1S/C21H24N4O3/c1-12(22-19(27)13-5-7-14(8-6-13)21(2,3)4)18(26)23-15-9-10-16-17(11-15)25-20(28)24-16/h5-12H,1-4H3,(H,22,27)(H,23,26)(H2,24,25,28). The summed E-state index contributed by atoms with van der Waals surface area (Å²) in [5.74, 6) is -0.662. The van der Waals surface area contributed by atoms with Gasteiger partial charge >= 0.3 is 5.69 Å². The number of rotatable bonds is 4. The van der Waals surface area contributed by atoms with E-state index in [2.05, 4.69) is 41.4 Å². The Morgan fingerprint density at radius 1 is 0.964 bits per heavy atom. The van der Waals surface area contributed by atoms with Crippen molar-refractivity contribution in [1.29, 1.82) is 0 Å². The Morgan fingerprint density at radius 3 is 2.25 bits per heavy atom. The number of imidazole rings is 1. The Balaban J connectivity index is 1.64. The first-order valence-corrected chi connectivity index (χ1v) is 9.08. The number of H-pyrrole nitrogens is 2. The first-order chi connectivity index (χ1) is 13.1. The lowest BCUT2D eigenvalue weighted by atomic mass is 9.86. The predicted molar refractivity (Wildman–Crippen MR) is 110 cm³/mol. The average molecular weight is 380 g/mol. The van der Waals surface area contributed by atoms with Crippen LogP contribution >= 0.6 is 0 Å². The van der Waals surface area contributed by atoms with E-state index in [0.29, 0.717) is 22.3 Å². The van der Waals surface area contributed by atoms with Crippen LogP contribution in [0.2, 0.25) is 0 Å². The number of carbonyl (C=O) groups excluding carboxylic acids is 2. The van der Waals surface area contributed by atoms with Crippen molar-refractivity contribution in [3.05, 3.63) is 64.1 Å². The first-order valence-electron chi connectivity index (χ1n) is 9.08. The fourth-order valence-corrected chi connectivity index (χ4v) is 2.83. The van der Waals surface area contributed by atoms with Crippen molar-refractivity contribution in [2.24, 2.45) is 0 Å². The number of amides is 2. The number of anilines is 1. The van der Waals surface area contributed by atoms with Gasteiger partial charge in [-0.3, -0.25) is 9.59 Å². The summed E-state index contributed by atoms with van der Waals surface area (Å²) in [7, 11) is 0. The molecule has 7 heteroatoms. The highest BCUT2D eigenvalue weighted by Crippen LogP contribution is 2.22. The zero-order chi connectivity index (χ0) is 20.5. The van der Waals surface area contributed by atoms with Crippen LogP contribution in [0, 0.1) is 0 Å². The predicted octanol–water partition coefficient (Wildman–Crippen LogP) is 2.91. The van der Waals surface area contributed by atoms with Crippen LogP contribution < -0.4 is 16.3 Å². The fourth-order valence-electron chi connectivity index (χ4n) is 2.83. The molecule has 0 saturated heterocycles. The smallest absolute Gasteiger partial charge is 0.323 e. The second-order valence-electron chi connectivity index (χ2n) is 7.85. The van der Waals surface area contributed by atoms with Gasteiger partial charge in [0.1, 0.15) is 6.04 Å². The maximum absolute atomic E-state index is 12.4. The van der Waals surface area contributed by atoms with Gasteiger partial charge in [0.2, 0.25) is 5.91 Å². The van der Waals surface area contributed by atoms with Crippen LogP contribution in [0.4, 0.5) is 5.69 Å². The third-order valence-corrected chi connectivity index (χ3v) is 4.54. The monoisotopic (exact) mass is 380 g/mol. The molecular formula is C21H24N4O3. The maximum Gasteiger partial charge on any atom is 0.323 e. The number of nitrogens with one attached hydrogen (secondary N) is 4. The van der Waals surface area contributed by atoms with Gasteiger partial charge in [-0.05, 0) is 48.2 Å². The number of hydrogen-bond acceptors (Lipinski definition) is 3. The normalized spacial score (nSPS) is 12.6. The Hall–Kier alpha value is -3.35. The fraction of sp³-hybridized carbons (Fsp3) is 0.286. The van der Waals surface area contributed by atoms with E-state index in [1.807, 2.05) is 12.1 Å². The number of fused-ring (bicyclic) bond motifs is 1. The molecule has 2 aromatic carbocycles. The van der Waals surface area contributed by atoms with Crippen LogP contribution in [-0.2, 0) is 10.2 Å². The third-order valence-electron chi connectivity index (χ3n) is 4.54. The summed E-state index contributed by atoms with van der Waals surface area (Å²) in [6.07, 6.45) is 0. The van der Waals surface area contributed by atoms with Gasteiger partial charge in [0.15, 0.2) is 0 Å². The zero-order valence-corrected chi connectivity index (χ0v) is 16.3. The van der Waals surface area contributed by atoms with Crippen molar-refractivity contribution in [1.82, 2.24) is 15.3 Å². The van der Waals surface area contributed by atoms with Crippen molar-refractivity contribution < 1.29 is 9.59 Å². The molecule has 0 fully saturated rings. The van der Waals surface area contributed by atoms with E-state index in [4.69, 9.17) is 0 Å². The van der Waals surface area contributed by atoms with Crippen LogP contribution in [0.3, 0.4) is 0 Å². The van der Waals surface area contributed by atoms with E-state index >= 15 is 0 Å². The summed E-state index contributed by atoms with van der Waals surface area (Å²) < 4.78 is 0. The van der Waals surface area contributed by atoms with E-state index < -0.39 is 6.04 Å². The highest BCUT2D eigenvalue weighted by atomic mass is 16.2. The molecule has 0 saturated carbocycles. The van der Waals surface area contributed by atoms with Crippen LogP contribution in [0.5, 0.6) is 0 Å². The van der Waals surface area contributed by atoms with Gasteiger partial charge in [-0.25, -0.2) is 4.79 Å². The zero-order valence-electron chi connectivity index (χ0n) is 16.3. The molecular weight excluding hydrogens is 356 g/mol. The third kappa shape index (κ3) is 4.31. The highest BCUT2D eigenvalue weighted by molar-refractivity contribution is 6.01. The van der Waals surface area contributed by atoms with Crippen LogP contribution in [0.1, 0.15) is 43.6 Å². The number of carbonyl (C=O) groups is 2. The molecule has 0 aliphatic carbocycles. The van der Waals surface area contributed by atoms with Gasteiger partial charge < -0.3 is 20.6 Å². The molecule has 7 nitrogen and oxygen atoms in total. The van der Waals surface area contributed by atoms with Crippen molar-refractivity contribution in [3.8, 4) is 0 Å². The molecule has 4 N–H and O–H groups in total. The number of aromatic nitrogens is 2. The van der Waals surface area contributed by atoms with Crippen molar-refractivity contribution in [2.75, 3.05) is 5.32 Å². The summed E-state index contributed by atoms with van der Waals surface area (Å²) in [6.45, 7) is 7.94. The molecule has 0 radical (unpaired) electrons. The Morgan fingerprint density at radius 2 is 1.61 bits per heavy atom. The molecule has 0 aliphatic rings. The molecule has 2 amide bonds. The summed E-state index contributed by atoms with van der Waals surface area (Å²) in [5, 5.41) is 5.44. The molecule has 28 heavy (non-hydrogen) atoms. The van der Waals surface area contributed by atoms with E-state index in [0.717, 1.165) is 5.56 Å². The van der Waals surface area contributed by atoms with Crippen molar-refractivity contribution >= 4 is 28.5 Å². The molecule has 3 rings (SSSR count). The van der Waals surface area contributed by atoms with Gasteiger partial charge in [-0.2, -0.15) is 0 Å². The van der Waals surface area contributed by atoms with Gasteiger partial charge in [0.25, 0.3) is 5.91 Å². The summed E-state index contributed by atoms with van der Waals surface area (Å²) in [5.41, 5.74) is 3.11. The van der Waals surface area contributed by atoms with E-state index in [1.165, 1.54) is 0 Å². The second kappa shape index (κ2) is 7.34. The van der Waals surface area contributed by atoms with E-state index in [9.17, 15) is 14.4 Å². The molecule has 1 heterocycles. The number of hydrogen-bond donors (Lipinski definition) is 4. The molecule has 1 unspecified atom stereocenters. The second-order valence-corrected chi connectivity index (χ2v) is 7.85. The summed E-state index contributed by atoms with van der Waals surface area (Å²) >= 11 is 0. The topological polar surface area (TPSA) is 107 Å². The minimum atomic E-state index is -0.726. The highest BCUT2D eigenvalue weighted by Gasteiger charge is 2.18. The maximum atomic E-state index is 12.4. The Kier molecular flexibility index (Phi) is 5.09. The Bertz CT molecular complexity index is 1070. The molecule has 3 aromatic rings. The lowest BCUT2D eigenvalue weighted by Crippen LogP contribution is -2.41. The van der Waals surface area contributed by atoms with E-state index in [1.54, 1.807) is 37.3 Å². The van der Waals surface area contributed by atoms with Crippen molar-refractivity contribution in [3.63, 3.8) is 0 Å². The molecule has 1 atom stereocenters.